The van der Waals surface area contributed by atoms with Gasteiger partial charge in [0.2, 0.25) is 11.8 Å². The third-order valence-corrected chi connectivity index (χ3v) is 23.7. The minimum atomic E-state index is -1.27. The number of nitrogens with zero attached hydrogens (tertiary/aromatic N) is 2. The number of ether oxygens (including phenoxy) is 6. The first-order valence-electron chi connectivity index (χ1n) is 40.0. The summed E-state index contributed by atoms with van der Waals surface area (Å²) in [5.41, 5.74) is 3.54. The van der Waals surface area contributed by atoms with Crippen LogP contribution in [0.5, 0.6) is 46.0 Å². The molecule has 6 amide bonds. The summed E-state index contributed by atoms with van der Waals surface area (Å²) >= 11 is 0. The number of carbonyl (C=O) groups excluding carboxylic acids is 6. The first kappa shape index (κ1) is 76.0. The van der Waals surface area contributed by atoms with Crippen LogP contribution in [-0.4, -0.2) is 107 Å². The predicted octanol–water partition coefficient (Wildman–Crippen LogP) is 19.6. The molecule has 4 atom stereocenters. The lowest BCUT2D eigenvalue weighted by molar-refractivity contribution is -0.128. The number of amides is 6. The molecule has 15 rings (SSSR count). The molecule has 9 aromatic rings. The number of fused-ring (bicyclic) bond motifs is 2. The van der Waals surface area contributed by atoms with Crippen molar-refractivity contribution in [2.75, 3.05) is 19.8 Å². The number of imide groups is 2. The average molecular weight is 1490 g/mol. The first-order valence-corrected chi connectivity index (χ1v) is 40.0. The Hall–Kier alpha value is -9.42. The van der Waals surface area contributed by atoms with E-state index in [-0.39, 0.29) is 102 Å². The molecule has 4 fully saturated rings. The van der Waals surface area contributed by atoms with E-state index in [2.05, 4.69) is 99.0 Å². The largest absolute Gasteiger partial charge is 0.457 e. The van der Waals surface area contributed by atoms with Gasteiger partial charge in [0.15, 0.2) is 0 Å². The molecular weight excluding hydrogens is 1380 g/mol. The normalized spacial score (nSPS) is 20.8. The van der Waals surface area contributed by atoms with Gasteiger partial charge in [0.25, 0.3) is 23.6 Å². The molecule has 17 nitrogen and oxygen atoms in total. The lowest BCUT2D eigenvalue weighted by Gasteiger charge is -2.38. The van der Waals surface area contributed by atoms with Gasteiger partial charge in [0.1, 0.15) is 58.1 Å². The topological polar surface area (TPSA) is 207 Å². The molecule has 2 saturated heterocycles. The van der Waals surface area contributed by atoms with E-state index in [4.69, 9.17) is 28.4 Å². The van der Waals surface area contributed by atoms with E-state index in [0.717, 1.165) is 103 Å². The number of hydrogen-bond acceptors (Lipinski definition) is 13. The molecule has 3 N–H and O–H groups in total. The van der Waals surface area contributed by atoms with Gasteiger partial charge in [-0.1, -0.05) is 159 Å². The smallest absolute Gasteiger partial charge is 0.262 e. The van der Waals surface area contributed by atoms with Crippen LogP contribution in [0.4, 0.5) is 0 Å². The second-order valence-corrected chi connectivity index (χ2v) is 36.7. The fourth-order valence-electron chi connectivity index (χ4n) is 17.2. The summed E-state index contributed by atoms with van der Waals surface area (Å²) in [6.07, 6.45) is 9.20. The van der Waals surface area contributed by atoms with Gasteiger partial charge in [0, 0.05) is 67.8 Å². The van der Waals surface area contributed by atoms with E-state index in [9.17, 15) is 0 Å². The Labute approximate surface area is 646 Å². The van der Waals surface area contributed by atoms with Crippen LogP contribution in [0.3, 0.4) is 0 Å². The Balaban J connectivity index is 1.01. The fourth-order valence-corrected chi connectivity index (χ4v) is 17.2. The van der Waals surface area contributed by atoms with Crippen molar-refractivity contribution in [1.82, 2.24) is 25.8 Å². The van der Waals surface area contributed by atoms with Crippen molar-refractivity contribution in [1.29, 1.82) is 0 Å². The zero-order chi connectivity index (χ0) is 77.9. The monoisotopic (exact) mass is 1490 g/mol. The second-order valence-electron chi connectivity index (χ2n) is 36.7. The van der Waals surface area contributed by atoms with Crippen molar-refractivity contribution >= 4 is 78.5 Å². The van der Waals surface area contributed by atoms with E-state index >= 15 is 28.8 Å². The molecule has 0 bridgehead atoms. The number of hydrogen-bond donors (Lipinski definition) is 3. The number of epoxide rings is 2. The van der Waals surface area contributed by atoms with E-state index in [1.165, 1.54) is 0 Å². The Morgan fingerprint density at radius 3 is 0.918 bits per heavy atom. The molecule has 2 aliphatic carbocycles. The van der Waals surface area contributed by atoms with Crippen molar-refractivity contribution in [2.45, 2.75) is 239 Å². The van der Waals surface area contributed by atoms with Crippen LogP contribution >= 0.6 is 0 Å². The zero-order valence-corrected chi connectivity index (χ0v) is 66.8. The van der Waals surface area contributed by atoms with Gasteiger partial charge in [-0.2, -0.15) is 0 Å². The van der Waals surface area contributed by atoms with E-state index in [0.29, 0.717) is 80.2 Å². The first-order chi connectivity index (χ1) is 52.2. The molecule has 4 unspecified atom stereocenters. The highest BCUT2D eigenvalue weighted by Gasteiger charge is 2.48. The van der Waals surface area contributed by atoms with Crippen molar-refractivity contribution in [3.63, 3.8) is 0 Å². The van der Waals surface area contributed by atoms with Gasteiger partial charge < -0.3 is 44.4 Å². The minimum absolute atomic E-state index is 0.0805. The number of carbonyl (C=O) groups is 6. The maximum atomic E-state index is 16.6. The summed E-state index contributed by atoms with van der Waals surface area (Å²) in [4.78, 5) is 99.3. The Morgan fingerprint density at radius 2 is 0.655 bits per heavy atom. The standard InChI is InChI=1S/C93H107N5O12/c1-50(2)82(84(99)95-58-28-17-52(18-29-58)19-34-64-48-105-64)97-86(101)66-43-70(107-60-35-20-53(21-36-60)90(5,6)7)76-78-72(109-62-39-24-55(25-40-62)92(11,12)13)45-68-75-69(89(104)98(88(68)103)83(51(3)4)85(100)96-59-32-30-57(31-33-59)94-47-65-49-106-65)46-73(110-63-41-26-56(27-42-63)93(14,15)16)79(81(75)78)77-71(44-67(87(97)102)74(66)80(76)77)108-61-37-22-54(23-38-61)91(8,9)10/h20-27,35-46,50-52,57-59,64-65,82-83,94H,17-19,28-34,47-49H2,1-16H3,(H,95,99)(H,96,100). The fraction of sp³-hybridized carbons (Fsp3) is 0.462. The molecule has 9 aromatic carbocycles. The molecule has 110 heavy (non-hydrogen) atoms. The molecule has 2 saturated carbocycles. The van der Waals surface area contributed by atoms with Gasteiger partial charge in [-0.25, -0.2) is 0 Å². The van der Waals surface area contributed by atoms with Crippen molar-refractivity contribution in [3.8, 4) is 46.0 Å². The van der Waals surface area contributed by atoms with Gasteiger partial charge in [-0.05, 0) is 199 Å². The molecule has 576 valence electrons. The summed E-state index contributed by atoms with van der Waals surface area (Å²) in [6.45, 7) is 35.4. The summed E-state index contributed by atoms with van der Waals surface area (Å²) in [6, 6.07) is 35.3. The van der Waals surface area contributed by atoms with Crippen LogP contribution in [0.1, 0.15) is 239 Å². The summed E-state index contributed by atoms with van der Waals surface area (Å²) in [5, 5.41) is 12.9. The van der Waals surface area contributed by atoms with E-state index < -0.39 is 59.4 Å². The van der Waals surface area contributed by atoms with Gasteiger partial charge >= 0.3 is 0 Å². The van der Waals surface area contributed by atoms with Gasteiger partial charge in [0.05, 0.1) is 47.7 Å². The lowest BCUT2D eigenvalue weighted by Crippen LogP contribution is -2.57. The zero-order valence-electron chi connectivity index (χ0n) is 66.8. The predicted molar refractivity (Wildman–Crippen MR) is 432 cm³/mol. The second kappa shape index (κ2) is 29.0. The number of rotatable bonds is 22. The van der Waals surface area contributed by atoms with E-state index in [1.54, 1.807) is 24.3 Å². The highest BCUT2D eigenvalue weighted by atomic mass is 16.6. The highest BCUT2D eigenvalue weighted by Crippen LogP contribution is 2.59. The van der Waals surface area contributed by atoms with E-state index in [1.807, 2.05) is 125 Å². The summed E-state index contributed by atoms with van der Waals surface area (Å²) in [7, 11) is 0. The third-order valence-electron chi connectivity index (χ3n) is 23.7. The third kappa shape index (κ3) is 14.9. The average Bonchev–Trinajstić information content (AvgIpc) is 0.908. The van der Waals surface area contributed by atoms with Crippen LogP contribution in [0.15, 0.2) is 121 Å². The molecule has 6 aliphatic rings. The molecule has 0 aromatic heterocycles. The van der Waals surface area contributed by atoms with Gasteiger partial charge in [-0.3, -0.25) is 38.6 Å². The van der Waals surface area contributed by atoms with Crippen LogP contribution in [0, 0.1) is 17.8 Å². The summed E-state index contributed by atoms with van der Waals surface area (Å²) in [5.74, 6) is -2.04. The summed E-state index contributed by atoms with van der Waals surface area (Å²) < 4.78 is 40.7. The van der Waals surface area contributed by atoms with Crippen LogP contribution in [0.2, 0.25) is 0 Å². The Morgan fingerprint density at radius 1 is 0.382 bits per heavy atom. The Kier molecular flexibility index (Phi) is 20.0. The van der Waals surface area contributed by atoms with Crippen molar-refractivity contribution < 1.29 is 57.2 Å². The Bertz CT molecular complexity index is 4500. The number of benzene rings is 9. The minimum Gasteiger partial charge on any atom is -0.457 e. The maximum Gasteiger partial charge on any atom is 0.262 e. The van der Waals surface area contributed by atoms with Gasteiger partial charge in [-0.15, -0.1) is 0 Å². The van der Waals surface area contributed by atoms with Crippen molar-refractivity contribution in [3.05, 3.63) is 166 Å². The molecule has 0 spiro atoms. The van der Waals surface area contributed by atoms with Crippen LogP contribution in [0.25, 0.3) is 43.1 Å². The number of nitrogens with one attached hydrogen (secondary N) is 3. The molecule has 4 aliphatic heterocycles. The highest BCUT2D eigenvalue weighted by molar-refractivity contribution is 6.45. The lowest BCUT2D eigenvalue weighted by atomic mass is 9.80. The van der Waals surface area contributed by atoms with Crippen molar-refractivity contribution in [2.24, 2.45) is 17.8 Å². The molecule has 0 radical (unpaired) electrons. The molecule has 17 heteroatoms. The quantitative estimate of drug-likeness (QED) is 0.0250. The SMILES string of the molecule is CC(C)C(C(=O)NC1CCC(CCC2CO2)CC1)N1C(=O)c2cc(Oc3ccc(C(C)(C)C)cc3)c3c4c(Oc5ccc(C(C)(C)C)cc5)cc5c6c(cc(Oc7ccc(C(C)(C)C)cc7)c(c7c(Oc8ccc(C(C)(C)C)cc8)cc(c2c37)C1=O)c64)C(=O)N(C(C(=O)NC1CCC(NCC2CO2)CC1)C(C)C)C5=O. The maximum absolute atomic E-state index is 16.6. The van der Waals surface area contributed by atoms with Crippen LogP contribution < -0.4 is 34.9 Å². The van der Waals surface area contributed by atoms with Crippen LogP contribution in [-0.2, 0) is 40.7 Å². The molecular formula is C93H107N5O12. The molecule has 4 heterocycles.